The highest BCUT2D eigenvalue weighted by Crippen LogP contribution is 2.34. The molecule has 1 unspecified atom stereocenters. The number of rotatable bonds is 8. The second-order valence-electron chi connectivity index (χ2n) is 12.3. The molecule has 2 aromatic carbocycles. The van der Waals surface area contributed by atoms with Crippen molar-refractivity contribution in [3.63, 3.8) is 0 Å². The minimum atomic E-state index is -0.637. The molecule has 1 fully saturated rings. The zero-order valence-corrected chi connectivity index (χ0v) is 25.8. The Morgan fingerprint density at radius 2 is 1.79 bits per heavy atom. The number of nitrogens with zero attached hydrogens (tertiary/aromatic N) is 5. The number of carbonyl (C=O) groups excluding carboxylic acids is 2. The number of aromatic nitrogens is 3. The molecule has 5 rings (SSSR count). The van der Waals surface area contributed by atoms with Crippen molar-refractivity contribution in [2.75, 3.05) is 13.1 Å². The van der Waals surface area contributed by atoms with Crippen LogP contribution in [0.4, 0.5) is 8.78 Å². The van der Waals surface area contributed by atoms with Crippen molar-refractivity contribution in [2.45, 2.75) is 84.1 Å². The fraction of sp³-hybridized carbons (Fsp3) is 0.500. The van der Waals surface area contributed by atoms with E-state index in [0.29, 0.717) is 54.2 Å². The van der Waals surface area contributed by atoms with E-state index >= 15 is 0 Å². The molecule has 0 radical (unpaired) electrons. The van der Waals surface area contributed by atoms with E-state index in [1.165, 1.54) is 6.07 Å². The van der Waals surface area contributed by atoms with Gasteiger partial charge in [-0.1, -0.05) is 30.7 Å². The fourth-order valence-electron chi connectivity index (χ4n) is 6.42. The average molecular weight is 613 g/mol. The van der Waals surface area contributed by atoms with Crippen LogP contribution in [-0.2, 0) is 17.8 Å². The molecule has 1 aliphatic carbocycles. The first kappa shape index (κ1) is 31.1. The standard InChI is InChI=1S/C32H39ClF2N6O2/c1-19(2)12-29(36-31(42)22-8-10-23(33)11-9-22)32(43)39-15-20(3)40(21(4)16-39)17-25-18-41(38-37-25)30-7-5-6-26-27(30)13-24(34)14-28(26)35/h8-11,13-14,18-21,29-30H,5-7,12,15-17H2,1-4H3,(H,36,42)/t20-,21+,29?,30-/m1/s1. The molecule has 1 N–H and O–H groups in total. The van der Waals surface area contributed by atoms with Crippen LogP contribution in [0.2, 0.25) is 5.02 Å². The molecule has 1 aliphatic heterocycles. The van der Waals surface area contributed by atoms with Crippen molar-refractivity contribution >= 4 is 23.4 Å². The number of amides is 2. The molecule has 2 aliphatic rings. The molecule has 1 saturated heterocycles. The van der Waals surface area contributed by atoms with E-state index in [1.807, 2.05) is 24.9 Å². The van der Waals surface area contributed by atoms with Gasteiger partial charge in [-0.2, -0.15) is 0 Å². The van der Waals surface area contributed by atoms with Gasteiger partial charge < -0.3 is 10.2 Å². The number of hydrogen-bond donors (Lipinski definition) is 1. The minimum Gasteiger partial charge on any atom is -0.340 e. The van der Waals surface area contributed by atoms with Gasteiger partial charge in [-0.05, 0) is 86.9 Å². The summed E-state index contributed by atoms with van der Waals surface area (Å²) in [6.07, 6.45) is 4.50. The molecular formula is C32H39ClF2N6O2. The second kappa shape index (κ2) is 13.1. The van der Waals surface area contributed by atoms with E-state index in [2.05, 4.69) is 34.4 Å². The number of benzene rings is 2. The summed E-state index contributed by atoms with van der Waals surface area (Å²) in [6.45, 7) is 9.77. The number of hydrogen-bond acceptors (Lipinski definition) is 5. The van der Waals surface area contributed by atoms with Gasteiger partial charge in [0.05, 0.1) is 17.9 Å². The summed E-state index contributed by atoms with van der Waals surface area (Å²) in [5, 5.41) is 12.2. The third-order valence-electron chi connectivity index (χ3n) is 8.51. The summed E-state index contributed by atoms with van der Waals surface area (Å²) in [4.78, 5) is 30.8. The van der Waals surface area contributed by atoms with Crippen LogP contribution in [0.5, 0.6) is 0 Å². The summed E-state index contributed by atoms with van der Waals surface area (Å²) < 4.78 is 30.2. The summed E-state index contributed by atoms with van der Waals surface area (Å²) in [5.74, 6) is -1.27. The van der Waals surface area contributed by atoms with E-state index in [0.717, 1.165) is 24.6 Å². The summed E-state index contributed by atoms with van der Waals surface area (Å²) in [7, 11) is 0. The lowest BCUT2D eigenvalue weighted by Crippen LogP contribution is -2.60. The molecule has 0 spiro atoms. The maximum absolute atomic E-state index is 14.4. The molecule has 1 aromatic heterocycles. The third kappa shape index (κ3) is 7.07. The lowest BCUT2D eigenvalue weighted by Gasteiger charge is -2.45. The van der Waals surface area contributed by atoms with Crippen LogP contribution in [0.25, 0.3) is 0 Å². The predicted molar refractivity (Wildman–Crippen MR) is 161 cm³/mol. The van der Waals surface area contributed by atoms with Crippen LogP contribution in [-0.4, -0.2) is 67.8 Å². The Hall–Kier alpha value is -3.37. The Labute approximate surface area is 256 Å². The molecule has 3 aromatic rings. The predicted octanol–water partition coefficient (Wildman–Crippen LogP) is 5.40. The highest BCUT2D eigenvalue weighted by molar-refractivity contribution is 6.30. The van der Waals surface area contributed by atoms with Crippen molar-refractivity contribution in [1.29, 1.82) is 0 Å². The van der Waals surface area contributed by atoms with Crippen molar-refractivity contribution in [3.05, 3.63) is 81.6 Å². The van der Waals surface area contributed by atoms with Crippen LogP contribution >= 0.6 is 11.6 Å². The van der Waals surface area contributed by atoms with Gasteiger partial charge in [0.2, 0.25) is 5.91 Å². The monoisotopic (exact) mass is 612 g/mol. The maximum Gasteiger partial charge on any atom is 0.251 e. The van der Waals surface area contributed by atoms with Crippen LogP contribution in [0, 0.1) is 17.6 Å². The molecule has 43 heavy (non-hydrogen) atoms. The fourth-order valence-corrected chi connectivity index (χ4v) is 6.54. The lowest BCUT2D eigenvalue weighted by molar-refractivity contribution is -0.138. The smallest absolute Gasteiger partial charge is 0.251 e. The van der Waals surface area contributed by atoms with Crippen LogP contribution in [0.15, 0.2) is 42.6 Å². The first-order chi connectivity index (χ1) is 20.5. The van der Waals surface area contributed by atoms with Gasteiger partial charge in [0, 0.05) is 48.4 Å². The zero-order valence-electron chi connectivity index (χ0n) is 25.1. The van der Waals surface area contributed by atoms with Gasteiger partial charge in [-0.15, -0.1) is 5.10 Å². The molecule has 8 nitrogen and oxygen atoms in total. The van der Waals surface area contributed by atoms with Crippen molar-refractivity contribution in [3.8, 4) is 0 Å². The molecule has 11 heteroatoms. The Morgan fingerprint density at radius 1 is 1.09 bits per heavy atom. The molecule has 0 bridgehead atoms. The average Bonchev–Trinajstić information content (AvgIpc) is 3.42. The Bertz CT molecular complexity index is 1450. The Morgan fingerprint density at radius 3 is 2.47 bits per heavy atom. The van der Waals surface area contributed by atoms with Gasteiger partial charge in [0.15, 0.2) is 0 Å². The number of fused-ring (bicyclic) bond motifs is 1. The maximum atomic E-state index is 14.4. The quantitative estimate of drug-likeness (QED) is 0.368. The van der Waals surface area contributed by atoms with Gasteiger partial charge in [0.1, 0.15) is 17.7 Å². The van der Waals surface area contributed by atoms with Gasteiger partial charge in [-0.3, -0.25) is 14.5 Å². The van der Waals surface area contributed by atoms with Crippen molar-refractivity contribution in [2.24, 2.45) is 5.92 Å². The molecule has 2 heterocycles. The number of piperazine rings is 1. The molecular weight excluding hydrogens is 574 g/mol. The normalized spacial score (nSPS) is 21.5. The first-order valence-electron chi connectivity index (χ1n) is 15.0. The van der Waals surface area contributed by atoms with E-state index in [1.54, 1.807) is 28.9 Å². The van der Waals surface area contributed by atoms with Crippen LogP contribution < -0.4 is 5.32 Å². The molecule has 2 amide bonds. The number of nitrogens with one attached hydrogen (secondary N) is 1. The highest BCUT2D eigenvalue weighted by atomic mass is 35.5. The lowest BCUT2D eigenvalue weighted by atomic mass is 9.87. The molecule has 4 atom stereocenters. The Balaban J connectivity index is 1.25. The summed E-state index contributed by atoms with van der Waals surface area (Å²) in [5.41, 5.74) is 2.40. The number of carbonyl (C=O) groups is 2. The van der Waals surface area contributed by atoms with E-state index in [-0.39, 0.29) is 35.9 Å². The SMILES string of the molecule is CC(C)CC(NC(=O)c1ccc(Cl)cc1)C(=O)N1C[C@@H](C)N(Cc2cn([C@@H]3CCCc4c(F)cc(F)cc43)nn2)[C@@H](C)C1. The van der Waals surface area contributed by atoms with Crippen molar-refractivity contribution < 1.29 is 18.4 Å². The zero-order chi connectivity index (χ0) is 30.8. The first-order valence-corrected chi connectivity index (χ1v) is 15.4. The van der Waals surface area contributed by atoms with Crippen LogP contribution in [0.1, 0.15) is 80.2 Å². The van der Waals surface area contributed by atoms with Crippen LogP contribution in [0.3, 0.4) is 0 Å². The largest absolute Gasteiger partial charge is 0.340 e. The van der Waals surface area contributed by atoms with Gasteiger partial charge in [0.25, 0.3) is 5.91 Å². The van der Waals surface area contributed by atoms with Crippen molar-refractivity contribution in [1.82, 2.24) is 30.1 Å². The van der Waals surface area contributed by atoms with E-state index in [9.17, 15) is 18.4 Å². The second-order valence-corrected chi connectivity index (χ2v) is 12.8. The molecule has 0 saturated carbocycles. The third-order valence-corrected chi connectivity index (χ3v) is 8.76. The summed E-state index contributed by atoms with van der Waals surface area (Å²) >= 11 is 5.97. The minimum absolute atomic E-state index is 0.0307. The highest BCUT2D eigenvalue weighted by Gasteiger charge is 2.36. The van der Waals surface area contributed by atoms with Gasteiger partial charge in [-0.25, -0.2) is 13.5 Å². The number of halogens is 3. The van der Waals surface area contributed by atoms with E-state index in [4.69, 9.17) is 11.6 Å². The topological polar surface area (TPSA) is 83.4 Å². The Kier molecular flexibility index (Phi) is 9.46. The van der Waals surface area contributed by atoms with Gasteiger partial charge >= 0.3 is 0 Å². The molecule has 230 valence electrons. The van der Waals surface area contributed by atoms with E-state index < -0.39 is 17.7 Å². The summed E-state index contributed by atoms with van der Waals surface area (Å²) in [6, 6.07) is 8.13.